The van der Waals surface area contributed by atoms with Gasteiger partial charge in [0.1, 0.15) is 5.82 Å². The van der Waals surface area contributed by atoms with Gasteiger partial charge in [-0.1, -0.05) is 15.9 Å². The Kier molecular flexibility index (Phi) is 4.09. The number of benzene rings is 1. The number of nitrogens with zero attached hydrogens (tertiary/aromatic N) is 2. The van der Waals surface area contributed by atoms with E-state index >= 15 is 0 Å². The fourth-order valence-electron chi connectivity index (χ4n) is 1.39. The van der Waals surface area contributed by atoms with Crippen molar-refractivity contribution in [2.75, 3.05) is 12.4 Å². The monoisotopic (exact) mass is 311 g/mol. The summed E-state index contributed by atoms with van der Waals surface area (Å²) in [5.74, 6) is 0.588. The van der Waals surface area contributed by atoms with Crippen molar-refractivity contribution in [2.24, 2.45) is 0 Å². The van der Waals surface area contributed by atoms with Crippen molar-refractivity contribution in [1.29, 1.82) is 0 Å². The zero-order valence-electron chi connectivity index (χ0n) is 9.65. The normalized spacial score (nSPS) is 10.2. The molecule has 94 valence electrons. The van der Waals surface area contributed by atoms with Gasteiger partial charge in [-0.25, -0.2) is 9.37 Å². The fourth-order valence-corrected chi connectivity index (χ4v) is 1.80. The molecule has 1 heterocycles. The summed E-state index contributed by atoms with van der Waals surface area (Å²) in [6, 6.07) is 6.42. The molecule has 1 aromatic heterocycles. The third-order valence-corrected chi connectivity index (χ3v) is 2.78. The van der Waals surface area contributed by atoms with Crippen molar-refractivity contribution in [1.82, 2.24) is 9.97 Å². The Balaban J connectivity index is 2.08. The highest BCUT2D eigenvalue weighted by Gasteiger charge is 2.04. The van der Waals surface area contributed by atoms with Crippen LogP contribution in [0.2, 0.25) is 0 Å². The first-order chi connectivity index (χ1) is 8.69. The van der Waals surface area contributed by atoms with Gasteiger partial charge < -0.3 is 10.1 Å². The largest absolute Gasteiger partial charge is 0.481 e. The van der Waals surface area contributed by atoms with Crippen LogP contribution in [-0.2, 0) is 6.54 Å². The molecule has 6 heteroatoms. The Morgan fingerprint density at radius 2 is 2.22 bits per heavy atom. The molecule has 0 spiro atoms. The molecular formula is C12H11BrFN3O. The maximum atomic E-state index is 13.5. The predicted molar refractivity (Wildman–Crippen MR) is 70.0 cm³/mol. The van der Waals surface area contributed by atoms with Gasteiger partial charge in [0.15, 0.2) is 0 Å². The average Bonchev–Trinajstić information content (AvgIpc) is 2.40. The minimum atomic E-state index is -0.270. The van der Waals surface area contributed by atoms with Crippen LogP contribution in [-0.4, -0.2) is 17.1 Å². The molecule has 0 bridgehead atoms. The zero-order chi connectivity index (χ0) is 13.0. The van der Waals surface area contributed by atoms with Gasteiger partial charge in [0.2, 0.25) is 11.8 Å². The Bertz CT molecular complexity index is 551. The van der Waals surface area contributed by atoms with Gasteiger partial charge in [-0.15, -0.1) is 0 Å². The molecule has 0 fully saturated rings. The first kappa shape index (κ1) is 12.8. The molecule has 0 aliphatic rings. The molecule has 0 aliphatic heterocycles. The van der Waals surface area contributed by atoms with Gasteiger partial charge in [0, 0.05) is 28.8 Å². The van der Waals surface area contributed by atoms with E-state index in [1.165, 1.54) is 13.2 Å². The van der Waals surface area contributed by atoms with Crippen molar-refractivity contribution < 1.29 is 9.13 Å². The second kappa shape index (κ2) is 5.77. The van der Waals surface area contributed by atoms with Crippen LogP contribution in [0.15, 0.2) is 34.9 Å². The number of aromatic nitrogens is 2. The molecule has 0 saturated heterocycles. The minimum absolute atomic E-state index is 0.270. The number of ether oxygens (including phenoxy) is 1. The molecule has 18 heavy (non-hydrogen) atoms. The van der Waals surface area contributed by atoms with Crippen molar-refractivity contribution in [3.63, 3.8) is 0 Å². The standard InChI is InChI=1S/C12H11BrFN3O/c1-18-11-4-5-15-12(17-11)16-7-8-6-9(13)2-3-10(8)14/h2-6H,7H2,1H3,(H,15,16,17). The van der Waals surface area contributed by atoms with Crippen LogP contribution < -0.4 is 10.1 Å². The van der Waals surface area contributed by atoms with Gasteiger partial charge in [-0.2, -0.15) is 4.98 Å². The summed E-state index contributed by atoms with van der Waals surface area (Å²) in [4.78, 5) is 8.10. The summed E-state index contributed by atoms with van der Waals surface area (Å²) in [5.41, 5.74) is 0.538. The van der Waals surface area contributed by atoms with Gasteiger partial charge in [0.25, 0.3) is 0 Å². The van der Waals surface area contributed by atoms with E-state index in [0.29, 0.717) is 23.9 Å². The number of hydrogen-bond acceptors (Lipinski definition) is 4. The van der Waals surface area contributed by atoms with E-state index in [2.05, 4.69) is 31.2 Å². The van der Waals surface area contributed by atoms with Crippen LogP contribution in [0.25, 0.3) is 0 Å². The quantitative estimate of drug-likeness (QED) is 0.943. The molecule has 0 atom stereocenters. The highest BCUT2D eigenvalue weighted by atomic mass is 79.9. The van der Waals surface area contributed by atoms with Crippen LogP contribution in [0.4, 0.5) is 10.3 Å². The molecule has 0 unspecified atom stereocenters. The minimum Gasteiger partial charge on any atom is -0.481 e. The number of anilines is 1. The molecule has 1 aromatic carbocycles. The summed E-state index contributed by atoms with van der Waals surface area (Å²) >= 11 is 3.30. The molecule has 1 N–H and O–H groups in total. The molecule has 0 aliphatic carbocycles. The third-order valence-electron chi connectivity index (χ3n) is 2.28. The van der Waals surface area contributed by atoms with E-state index < -0.39 is 0 Å². The van der Waals surface area contributed by atoms with Crippen molar-refractivity contribution in [3.8, 4) is 5.88 Å². The molecule has 0 amide bonds. The van der Waals surface area contributed by atoms with Gasteiger partial charge in [-0.05, 0) is 18.2 Å². The van der Waals surface area contributed by atoms with Gasteiger partial charge in [-0.3, -0.25) is 0 Å². The van der Waals surface area contributed by atoms with Crippen LogP contribution >= 0.6 is 15.9 Å². The lowest BCUT2D eigenvalue weighted by atomic mass is 10.2. The second-order valence-corrected chi connectivity index (χ2v) is 4.43. The average molecular weight is 312 g/mol. The van der Waals surface area contributed by atoms with E-state index in [9.17, 15) is 4.39 Å². The van der Waals surface area contributed by atoms with Crippen LogP contribution in [0.3, 0.4) is 0 Å². The highest BCUT2D eigenvalue weighted by Crippen LogP contribution is 2.16. The Hall–Kier alpha value is -1.69. The topological polar surface area (TPSA) is 47.0 Å². The molecule has 0 radical (unpaired) electrons. The molecule has 2 rings (SSSR count). The molecule has 2 aromatic rings. The van der Waals surface area contributed by atoms with E-state index in [4.69, 9.17) is 4.74 Å². The van der Waals surface area contributed by atoms with E-state index in [0.717, 1.165) is 4.47 Å². The smallest absolute Gasteiger partial charge is 0.226 e. The van der Waals surface area contributed by atoms with Crippen LogP contribution in [0.1, 0.15) is 5.56 Å². The SMILES string of the molecule is COc1ccnc(NCc2cc(Br)ccc2F)n1. The summed E-state index contributed by atoms with van der Waals surface area (Å²) in [5, 5.41) is 2.94. The zero-order valence-corrected chi connectivity index (χ0v) is 11.2. The summed E-state index contributed by atoms with van der Waals surface area (Å²) in [6.45, 7) is 0.304. The second-order valence-electron chi connectivity index (χ2n) is 3.51. The van der Waals surface area contributed by atoms with Gasteiger partial charge in [0.05, 0.1) is 7.11 Å². The number of hydrogen-bond donors (Lipinski definition) is 1. The first-order valence-corrected chi connectivity index (χ1v) is 6.03. The number of methoxy groups -OCH3 is 1. The van der Waals surface area contributed by atoms with Crippen molar-refractivity contribution >= 4 is 21.9 Å². The van der Waals surface area contributed by atoms with E-state index in [-0.39, 0.29) is 5.82 Å². The highest BCUT2D eigenvalue weighted by molar-refractivity contribution is 9.10. The molecular weight excluding hydrogens is 301 g/mol. The lowest BCUT2D eigenvalue weighted by Crippen LogP contribution is -2.05. The molecule has 0 saturated carbocycles. The van der Waals surface area contributed by atoms with Gasteiger partial charge >= 0.3 is 0 Å². The fraction of sp³-hybridized carbons (Fsp3) is 0.167. The summed E-state index contributed by atoms with van der Waals surface area (Å²) in [6.07, 6.45) is 1.57. The molecule has 4 nitrogen and oxygen atoms in total. The maximum absolute atomic E-state index is 13.5. The Morgan fingerprint density at radius 3 is 3.00 bits per heavy atom. The van der Waals surface area contributed by atoms with Crippen molar-refractivity contribution in [2.45, 2.75) is 6.54 Å². The van der Waals surface area contributed by atoms with Crippen LogP contribution in [0, 0.1) is 5.82 Å². The number of halogens is 2. The lowest BCUT2D eigenvalue weighted by molar-refractivity contribution is 0.397. The number of nitrogens with one attached hydrogen (secondary N) is 1. The first-order valence-electron chi connectivity index (χ1n) is 5.24. The Labute approximate surface area is 112 Å². The predicted octanol–water partition coefficient (Wildman–Crippen LogP) is 3.00. The summed E-state index contributed by atoms with van der Waals surface area (Å²) in [7, 11) is 1.53. The maximum Gasteiger partial charge on any atom is 0.226 e. The number of rotatable bonds is 4. The lowest BCUT2D eigenvalue weighted by Gasteiger charge is -2.07. The van der Waals surface area contributed by atoms with E-state index in [1.54, 1.807) is 24.4 Å². The Morgan fingerprint density at radius 1 is 1.39 bits per heavy atom. The van der Waals surface area contributed by atoms with Crippen LogP contribution in [0.5, 0.6) is 5.88 Å². The van der Waals surface area contributed by atoms with E-state index in [1.807, 2.05) is 0 Å². The van der Waals surface area contributed by atoms with Crippen molar-refractivity contribution in [3.05, 3.63) is 46.3 Å². The third kappa shape index (κ3) is 3.16. The summed E-state index contributed by atoms with van der Waals surface area (Å²) < 4.78 is 19.3.